The molecular weight excluding hydrogens is 194 g/mol. The molecule has 0 atom stereocenters. The van der Waals surface area contributed by atoms with Gasteiger partial charge in [0.25, 0.3) is 0 Å². The van der Waals surface area contributed by atoms with Crippen LogP contribution in [0.15, 0.2) is 30.9 Å². The van der Waals surface area contributed by atoms with Crippen molar-refractivity contribution < 1.29 is 9.53 Å². The molecule has 0 N–H and O–H groups in total. The van der Waals surface area contributed by atoms with Crippen LogP contribution in [0.1, 0.15) is 10.4 Å². The first kappa shape index (κ1) is 9.39. The summed E-state index contributed by atoms with van der Waals surface area (Å²) in [6.07, 6.45) is 3.85. The SMILES string of the molecule is COc1ccc(-n2cnnc2)c(C=O)c1. The molecule has 0 aliphatic rings. The number of hydrogen-bond acceptors (Lipinski definition) is 4. The van der Waals surface area contributed by atoms with Crippen LogP contribution in [0.3, 0.4) is 0 Å². The zero-order valence-electron chi connectivity index (χ0n) is 8.12. The molecule has 0 saturated heterocycles. The third-order valence-corrected chi connectivity index (χ3v) is 2.06. The molecule has 5 heteroatoms. The lowest BCUT2D eigenvalue weighted by atomic mass is 10.2. The molecule has 1 aromatic carbocycles. The van der Waals surface area contributed by atoms with E-state index in [0.717, 1.165) is 12.0 Å². The van der Waals surface area contributed by atoms with E-state index < -0.39 is 0 Å². The van der Waals surface area contributed by atoms with Crippen LogP contribution in [0.25, 0.3) is 5.69 Å². The van der Waals surface area contributed by atoms with Gasteiger partial charge in [-0.05, 0) is 18.2 Å². The van der Waals surface area contributed by atoms with E-state index in [0.29, 0.717) is 11.3 Å². The van der Waals surface area contributed by atoms with Crippen LogP contribution in [0.2, 0.25) is 0 Å². The van der Waals surface area contributed by atoms with E-state index in [-0.39, 0.29) is 0 Å². The summed E-state index contributed by atoms with van der Waals surface area (Å²) in [5.41, 5.74) is 1.27. The molecule has 0 saturated carbocycles. The molecule has 0 amide bonds. The van der Waals surface area contributed by atoms with Gasteiger partial charge < -0.3 is 4.74 Å². The van der Waals surface area contributed by atoms with Gasteiger partial charge in [0, 0.05) is 5.56 Å². The minimum atomic E-state index is 0.536. The van der Waals surface area contributed by atoms with Crippen LogP contribution >= 0.6 is 0 Å². The van der Waals surface area contributed by atoms with Crippen molar-refractivity contribution in [1.29, 1.82) is 0 Å². The van der Waals surface area contributed by atoms with Gasteiger partial charge in [-0.3, -0.25) is 9.36 Å². The Balaban J connectivity index is 2.52. The Labute approximate surface area is 86.3 Å². The standard InChI is InChI=1S/C10H9N3O2/c1-15-9-2-3-10(8(4-9)5-14)13-6-11-12-7-13/h2-7H,1H3. The summed E-state index contributed by atoms with van der Waals surface area (Å²) in [6.45, 7) is 0. The highest BCUT2D eigenvalue weighted by Crippen LogP contribution is 2.18. The van der Waals surface area contributed by atoms with Gasteiger partial charge in [0.2, 0.25) is 0 Å². The van der Waals surface area contributed by atoms with Crippen LogP contribution in [0.4, 0.5) is 0 Å². The maximum atomic E-state index is 10.9. The molecule has 0 fully saturated rings. The molecule has 2 aromatic rings. The van der Waals surface area contributed by atoms with Gasteiger partial charge in [-0.1, -0.05) is 0 Å². The monoisotopic (exact) mass is 203 g/mol. The fourth-order valence-corrected chi connectivity index (χ4v) is 1.31. The summed E-state index contributed by atoms with van der Waals surface area (Å²) < 4.78 is 6.70. The lowest BCUT2D eigenvalue weighted by Gasteiger charge is -2.06. The Morgan fingerprint density at radius 2 is 2.07 bits per heavy atom. The Bertz CT molecular complexity index is 466. The molecule has 0 bridgehead atoms. The summed E-state index contributed by atoms with van der Waals surface area (Å²) in [5.74, 6) is 0.647. The number of carbonyl (C=O) groups excluding carboxylic acids is 1. The highest BCUT2D eigenvalue weighted by atomic mass is 16.5. The zero-order chi connectivity index (χ0) is 10.7. The molecule has 2 rings (SSSR count). The van der Waals surface area contributed by atoms with E-state index in [1.54, 1.807) is 29.9 Å². The van der Waals surface area contributed by atoms with Crippen molar-refractivity contribution in [3.63, 3.8) is 0 Å². The number of ether oxygens (including phenoxy) is 1. The third-order valence-electron chi connectivity index (χ3n) is 2.06. The Morgan fingerprint density at radius 3 is 2.67 bits per heavy atom. The second-order valence-corrected chi connectivity index (χ2v) is 2.91. The Hall–Kier alpha value is -2.17. The van der Waals surface area contributed by atoms with Gasteiger partial charge in [-0.2, -0.15) is 0 Å². The topological polar surface area (TPSA) is 57.0 Å². The van der Waals surface area contributed by atoms with Gasteiger partial charge in [0.15, 0.2) is 6.29 Å². The maximum absolute atomic E-state index is 10.9. The van der Waals surface area contributed by atoms with Crippen molar-refractivity contribution >= 4 is 6.29 Å². The van der Waals surface area contributed by atoms with Gasteiger partial charge in [0.05, 0.1) is 12.8 Å². The predicted molar refractivity (Wildman–Crippen MR) is 53.3 cm³/mol. The average Bonchev–Trinajstić information content (AvgIpc) is 2.81. The summed E-state index contributed by atoms with van der Waals surface area (Å²) in [7, 11) is 1.56. The van der Waals surface area contributed by atoms with E-state index in [1.165, 1.54) is 12.7 Å². The molecule has 0 aliphatic heterocycles. The van der Waals surface area contributed by atoms with Gasteiger partial charge in [-0.25, -0.2) is 0 Å². The van der Waals surface area contributed by atoms with Crippen molar-refractivity contribution in [1.82, 2.24) is 14.8 Å². The normalized spacial score (nSPS) is 9.93. The Kier molecular flexibility index (Phi) is 2.45. The van der Waals surface area contributed by atoms with Crippen LogP contribution in [-0.2, 0) is 0 Å². The molecule has 0 spiro atoms. The number of hydrogen-bond donors (Lipinski definition) is 0. The Morgan fingerprint density at radius 1 is 1.33 bits per heavy atom. The zero-order valence-corrected chi connectivity index (χ0v) is 8.12. The lowest BCUT2D eigenvalue weighted by molar-refractivity contribution is 0.112. The molecular formula is C10H9N3O2. The van der Waals surface area contributed by atoms with E-state index in [4.69, 9.17) is 4.74 Å². The van der Waals surface area contributed by atoms with E-state index in [9.17, 15) is 4.79 Å². The second-order valence-electron chi connectivity index (χ2n) is 2.91. The number of rotatable bonds is 3. The number of aldehydes is 1. The van der Waals surface area contributed by atoms with Gasteiger partial charge in [-0.15, -0.1) is 10.2 Å². The van der Waals surface area contributed by atoms with Crippen molar-refractivity contribution in [2.45, 2.75) is 0 Å². The largest absolute Gasteiger partial charge is 0.497 e. The van der Waals surface area contributed by atoms with Crippen LogP contribution in [-0.4, -0.2) is 28.2 Å². The molecule has 0 radical (unpaired) electrons. The molecule has 76 valence electrons. The lowest BCUT2D eigenvalue weighted by Crippen LogP contribution is -1.97. The predicted octanol–water partition coefficient (Wildman–Crippen LogP) is 1.09. The van der Waals surface area contributed by atoms with Gasteiger partial charge >= 0.3 is 0 Å². The van der Waals surface area contributed by atoms with Crippen LogP contribution < -0.4 is 4.74 Å². The number of nitrogens with zero attached hydrogens (tertiary/aromatic N) is 3. The molecule has 1 aromatic heterocycles. The molecule has 1 heterocycles. The van der Waals surface area contributed by atoms with Crippen molar-refractivity contribution in [3.05, 3.63) is 36.4 Å². The summed E-state index contributed by atoms with van der Waals surface area (Å²) in [6, 6.07) is 5.23. The summed E-state index contributed by atoms with van der Waals surface area (Å²) in [4.78, 5) is 10.9. The smallest absolute Gasteiger partial charge is 0.152 e. The van der Waals surface area contributed by atoms with Crippen LogP contribution in [0, 0.1) is 0 Å². The van der Waals surface area contributed by atoms with Crippen molar-refractivity contribution in [3.8, 4) is 11.4 Å². The maximum Gasteiger partial charge on any atom is 0.152 e. The fourth-order valence-electron chi connectivity index (χ4n) is 1.31. The quantitative estimate of drug-likeness (QED) is 0.700. The first-order valence-electron chi connectivity index (χ1n) is 4.33. The molecule has 0 unspecified atom stereocenters. The minimum absolute atomic E-state index is 0.536. The number of aromatic nitrogens is 3. The molecule has 5 nitrogen and oxygen atoms in total. The third kappa shape index (κ3) is 1.71. The van der Waals surface area contributed by atoms with Crippen LogP contribution in [0.5, 0.6) is 5.75 Å². The second kappa shape index (κ2) is 3.91. The first-order chi connectivity index (χ1) is 7.35. The molecule has 15 heavy (non-hydrogen) atoms. The molecule has 0 aliphatic carbocycles. The van der Waals surface area contributed by atoms with E-state index >= 15 is 0 Å². The average molecular weight is 203 g/mol. The van der Waals surface area contributed by atoms with Crippen molar-refractivity contribution in [2.24, 2.45) is 0 Å². The van der Waals surface area contributed by atoms with Crippen molar-refractivity contribution in [2.75, 3.05) is 7.11 Å². The van der Waals surface area contributed by atoms with E-state index in [2.05, 4.69) is 10.2 Å². The highest BCUT2D eigenvalue weighted by molar-refractivity contribution is 5.81. The van der Waals surface area contributed by atoms with E-state index in [1.807, 2.05) is 0 Å². The number of carbonyl (C=O) groups is 1. The summed E-state index contributed by atoms with van der Waals surface area (Å²) in [5, 5.41) is 7.36. The first-order valence-corrected chi connectivity index (χ1v) is 4.33. The number of methoxy groups -OCH3 is 1. The fraction of sp³-hybridized carbons (Fsp3) is 0.100. The minimum Gasteiger partial charge on any atom is -0.497 e. The highest BCUT2D eigenvalue weighted by Gasteiger charge is 2.05. The van der Waals surface area contributed by atoms with Gasteiger partial charge in [0.1, 0.15) is 18.4 Å². The summed E-state index contributed by atoms with van der Waals surface area (Å²) >= 11 is 0. The number of benzene rings is 1.